The van der Waals surface area contributed by atoms with Gasteiger partial charge < -0.3 is 14.8 Å². The third-order valence-electron chi connectivity index (χ3n) is 4.87. The first-order valence-electron chi connectivity index (χ1n) is 8.75. The molecule has 0 saturated carbocycles. The Balaban J connectivity index is 1.86. The van der Waals surface area contributed by atoms with Gasteiger partial charge in [-0.1, -0.05) is 12.1 Å². The number of rotatable bonds is 3. The molecule has 1 aliphatic heterocycles. The highest BCUT2D eigenvalue weighted by Gasteiger charge is 2.41. The minimum atomic E-state index is -0.00174. The van der Waals surface area contributed by atoms with Crippen molar-refractivity contribution in [2.24, 2.45) is 7.05 Å². The van der Waals surface area contributed by atoms with Crippen LogP contribution in [0.15, 0.2) is 60.9 Å². The van der Waals surface area contributed by atoms with Gasteiger partial charge in [-0.3, -0.25) is 4.98 Å². The summed E-state index contributed by atoms with van der Waals surface area (Å²) < 4.78 is 2.16. The van der Waals surface area contributed by atoms with E-state index in [9.17, 15) is 0 Å². The molecule has 3 heterocycles. The molecule has 132 valence electrons. The molecule has 1 aromatic carbocycles. The van der Waals surface area contributed by atoms with Crippen LogP contribution in [0, 0.1) is 13.8 Å². The standard InChI is InChI=1S/C21H22N4S/c1-14-11-15(2)13-16(12-14)25-20(18-8-6-10-24(18)3)19(23-21(25)26)17-7-4-5-9-22-17/h4-13,19-20H,1-3H3,(H,23,26)/t19-,20-/m1/s1. The van der Waals surface area contributed by atoms with Gasteiger partial charge in [-0.05, 0) is 73.6 Å². The van der Waals surface area contributed by atoms with Crippen LogP contribution in [0.5, 0.6) is 0 Å². The van der Waals surface area contributed by atoms with Crippen molar-refractivity contribution in [2.75, 3.05) is 4.90 Å². The molecular weight excluding hydrogens is 340 g/mol. The van der Waals surface area contributed by atoms with Gasteiger partial charge in [-0.25, -0.2) is 0 Å². The van der Waals surface area contributed by atoms with Crippen molar-refractivity contribution in [1.29, 1.82) is 0 Å². The minimum Gasteiger partial charge on any atom is -0.353 e. The predicted molar refractivity (Wildman–Crippen MR) is 109 cm³/mol. The normalized spacial score (nSPS) is 19.7. The summed E-state index contributed by atoms with van der Waals surface area (Å²) in [6.45, 7) is 4.24. The molecule has 26 heavy (non-hydrogen) atoms. The van der Waals surface area contributed by atoms with Crippen LogP contribution in [-0.4, -0.2) is 14.7 Å². The maximum absolute atomic E-state index is 5.76. The molecule has 4 rings (SSSR count). The summed E-state index contributed by atoms with van der Waals surface area (Å²) in [5.41, 5.74) is 5.77. The van der Waals surface area contributed by atoms with Gasteiger partial charge in [0.1, 0.15) is 6.04 Å². The fourth-order valence-electron chi connectivity index (χ4n) is 3.80. The Bertz CT molecular complexity index is 927. The Morgan fingerprint density at radius 3 is 2.42 bits per heavy atom. The molecule has 5 heteroatoms. The first kappa shape index (κ1) is 16.8. The lowest BCUT2D eigenvalue weighted by Crippen LogP contribution is -2.30. The van der Waals surface area contributed by atoms with E-state index >= 15 is 0 Å². The topological polar surface area (TPSA) is 33.1 Å². The highest BCUT2D eigenvalue weighted by molar-refractivity contribution is 7.80. The van der Waals surface area contributed by atoms with Crippen LogP contribution in [-0.2, 0) is 7.05 Å². The van der Waals surface area contributed by atoms with Gasteiger partial charge in [0.2, 0.25) is 0 Å². The summed E-state index contributed by atoms with van der Waals surface area (Å²) in [5, 5.41) is 4.24. The van der Waals surface area contributed by atoms with Gasteiger partial charge in [0.15, 0.2) is 5.11 Å². The van der Waals surface area contributed by atoms with Crippen molar-refractivity contribution in [3.63, 3.8) is 0 Å². The molecule has 1 saturated heterocycles. The highest BCUT2D eigenvalue weighted by atomic mass is 32.1. The summed E-state index contributed by atoms with van der Waals surface area (Å²) in [5.74, 6) is 0. The maximum Gasteiger partial charge on any atom is 0.174 e. The fraction of sp³-hybridized carbons (Fsp3) is 0.238. The van der Waals surface area contributed by atoms with E-state index < -0.39 is 0 Å². The number of aromatic nitrogens is 2. The molecule has 0 amide bonds. The highest BCUT2D eigenvalue weighted by Crippen LogP contribution is 2.41. The molecular formula is C21H22N4S. The summed E-state index contributed by atoms with van der Waals surface area (Å²) in [6.07, 6.45) is 3.91. The van der Waals surface area contributed by atoms with Gasteiger partial charge >= 0.3 is 0 Å². The van der Waals surface area contributed by atoms with Crippen molar-refractivity contribution in [2.45, 2.75) is 25.9 Å². The van der Waals surface area contributed by atoms with Gasteiger partial charge in [0.05, 0.1) is 11.7 Å². The van der Waals surface area contributed by atoms with Crippen LogP contribution in [0.1, 0.15) is 34.6 Å². The summed E-state index contributed by atoms with van der Waals surface area (Å²) in [7, 11) is 2.08. The van der Waals surface area contributed by atoms with E-state index in [1.54, 1.807) is 0 Å². The number of aryl methyl sites for hydroxylation is 3. The lowest BCUT2D eigenvalue weighted by molar-refractivity contribution is 0.541. The molecule has 1 aliphatic rings. The maximum atomic E-state index is 5.76. The zero-order chi connectivity index (χ0) is 18.3. The largest absolute Gasteiger partial charge is 0.353 e. The zero-order valence-corrected chi connectivity index (χ0v) is 16.0. The van der Waals surface area contributed by atoms with Crippen LogP contribution in [0.25, 0.3) is 0 Å². The average Bonchev–Trinajstić information content (AvgIpc) is 3.17. The summed E-state index contributed by atoms with van der Waals surface area (Å²) in [4.78, 5) is 6.82. The fourth-order valence-corrected chi connectivity index (χ4v) is 4.15. The first-order valence-corrected chi connectivity index (χ1v) is 9.15. The Labute approximate surface area is 159 Å². The minimum absolute atomic E-state index is 0.00174. The number of hydrogen-bond acceptors (Lipinski definition) is 2. The molecule has 1 N–H and O–H groups in total. The van der Waals surface area contributed by atoms with Gasteiger partial charge in [0.25, 0.3) is 0 Å². The van der Waals surface area contributed by atoms with Crippen LogP contribution in [0.4, 0.5) is 5.69 Å². The molecule has 0 spiro atoms. The van der Waals surface area contributed by atoms with E-state index in [0.717, 1.165) is 16.5 Å². The number of benzene rings is 1. The van der Waals surface area contributed by atoms with Crippen LogP contribution in [0.2, 0.25) is 0 Å². The van der Waals surface area contributed by atoms with Crippen LogP contribution < -0.4 is 10.2 Å². The van der Waals surface area contributed by atoms with E-state index in [-0.39, 0.29) is 12.1 Å². The van der Waals surface area contributed by atoms with E-state index in [1.165, 1.54) is 16.8 Å². The van der Waals surface area contributed by atoms with Crippen LogP contribution in [0.3, 0.4) is 0 Å². The number of nitrogens with zero attached hydrogens (tertiary/aromatic N) is 3. The van der Waals surface area contributed by atoms with Gasteiger partial charge in [0, 0.05) is 30.8 Å². The number of thiocarbonyl (C=S) groups is 1. The lowest BCUT2D eigenvalue weighted by atomic mass is 10.0. The Morgan fingerprint density at radius 1 is 1.04 bits per heavy atom. The first-order chi connectivity index (χ1) is 12.5. The second-order valence-corrected chi connectivity index (χ2v) is 7.27. The molecule has 0 bridgehead atoms. The second kappa shape index (κ2) is 6.57. The lowest BCUT2D eigenvalue weighted by Gasteiger charge is -2.28. The van der Waals surface area contributed by atoms with E-state index in [2.05, 4.69) is 83.3 Å². The van der Waals surface area contributed by atoms with Gasteiger partial charge in [-0.15, -0.1) is 0 Å². The molecule has 2 aromatic heterocycles. The predicted octanol–water partition coefficient (Wildman–Crippen LogP) is 4.21. The quantitative estimate of drug-likeness (QED) is 0.708. The monoisotopic (exact) mass is 362 g/mol. The van der Waals surface area contributed by atoms with Crippen molar-refractivity contribution in [1.82, 2.24) is 14.9 Å². The Kier molecular flexibility index (Phi) is 4.24. The van der Waals surface area contributed by atoms with E-state index in [1.807, 2.05) is 18.3 Å². The Morgan fingerprint density at radius 2 is 1.81 bits per heavy atom. The van der Waals surface area contributed by atoms with Gasteiger partial charge in [-0.2, -0.15) is 0 Å². The number of pyridine rings is 1. The number of nitrogens with one attached hydrogen (secondary N) is 1. The van der Waals surface area contributed by atoms with Crippen molar-refractivity contribution in [3.8, 4) is 0 Å². The molecule has 0 aliphatic carbocycles. The van der Waals surface area contributed by atoms with Crippen molar-refractivity contribution < 1.29 is 0 Å². The molecule has 2 atom stereocenters. The molecule has 0 radical (unpaired) electrons. The number of anilines is 1. The molecule has 4 nitrogen and oxygen atoms in total. The summed E-state index contributed by atoms with van der Waals surface area (Å²) in [6, 6.07) is 16.9. The zero-order valence-electron chi connectivity index (χ0n) is 15.2. The second-order valence-electron chi connectivity index (χ2n) is 6.89. The molecule has 1 fully saturated rings. The van der Waals surface area contributed by atoms with E-state index in [4.69, 9.17) is 12.2 Å². The third-order valence-corrected chi connectivity index (χ3v) is 5.18. The summed E-state index contributed by atoms with van der Waals surface area (Å²) >= 11 is 5.76. The smallest absolute Gasteiger partial charge is 0.174 e. The Hall–Kier alpha value is -2.66. The molecule has 0 unspecified atom stereocenters. The number of hydrogen-bond donors (Lipinski definition) is 1. The van der Waals surface area contributed by atoms with Crippen molar-refractivity contribution >= 4 is 23.0 Å². The van der Waals surface area contributed by atoms with E-state index in [0.29, 0.717) is 0 Å². The molecule has 3 aromatic rings. The average molecular weight is 363 g/mol. The van der Waals surface area contributed by atoms with Crippen LogP contribution >= 0.6 is 12.2 Å². The SMILES string of the molecule is Cc1cc(C)cc(N2C(=S)N[C@H](c3ccccn3)[C@H]2c2cccn2C)c1. The van der Waals surface area contributed by atoms with Crippen molar-refractivity contribution in [3.05, 3.63) is 83.4 Å². The third kappa shape index (κ3) is 2.88.